The Hall–Kier alpha value is -3.22. The van der Waals surface area contributed by atoms with Crippen molar-refractivity contribution in [2.45, 2.75) is 13.8 Å². The average molecular weight is 372 g/mol. The number of nitrogens with one attached hydrogen (secondary N) is 1. The van der Waals surface area contributed by atoms with E-state index in [1.807, 2.05) is 32.0 Å². The van der Waals surface area contributed by atoms with Crippen molar-refractivity contribution in [2.75, 3.05) is 27.9 Å². The molecular formula is C20H24N2O5. The van der Waals surface area contributed by atoms with E-state index < -0.39 is 0 Å². The van der Waals surface area contributed by atoms with Crippen molar-refractivity contribution in [1.29, 1.82) is 0 Å². The van der Waals surface area contributed by atoms with E-state index in [9.17, 15) is 4.79 Å². The lowest BCUT2D eigenvalue weighted by molar-refractivity contribution is -0.123. The Bertz CT molecular complexity index is 808. The normalized spacial score (nSPS) is 10.6. The number of nitrogens with zero attached hydrogens (tertiary/aromatic N) is 1. The summed E-state index contributed by atoms with van der Waals surface area (Å²) in [6.07, 6.45) is 1.49. The molecule has 27 heavy (non-hydrogen) atoms. The van der Waals surface area contributed by atoms with Crippen molar-refractivity contribution >= 4 is 12.1 Å². The van der Waals surface area contributed by atoms with Gasteiger partial charge in [0.25, 0.3) is 5.91 Å². The third-order valence-corrected chi connectivity index (χ3v) is 3.79. The third-order valence-electron chi connectivity index (χ3n) is 3.79. The van der Waals surface area contributed by atoms with Crippen LogP contribution in [0.3, 0.4) is 0 Å². The first-order chi connectivity index (χ1) is 13.0. The highest BCUT2D eigenvalue weighted by Crippen LogP contribution is 2.37. The Morgan fingerprint density at radius 3 is 2.26 bits per heavy atom. The minimum Gasteiger partial charge on any atom is -0.493 e. The van der Waals surface area contributed by atoms with Crippen molar-refractivity contribution < 1.29 is 23.7 Å². The van der Waals surface area contributed by atoms with Gasteiger partial charge in [-0.15, -0.1) is 0 Å². The topological polar surface area (TPSA) is 78.4 Å². The number of hydrogen-bond donors (Lipinski definition) is 1. The standard InChI is InChI=1S/C20H24N2O5/c1-13-6-7-14(2)16(8-13)27-12-19(23)22-21-11-15-9-17(24-3)20(26-5)18(10-15)25-4/h6-11H,12H2,1-5H3,(H,22,23)/b21-11-. The summed E-state index contributed by atoms with van der Waals surface area (Å²) in [5.74, 6) is 1.81. The number of hydrazone groups is 1. The molecule has 0 fully saturated rings. The Labute approximate surface area is 158 Å². The van der Waals surface area contributed by atoms with Gasteiger partial charge in [-0.25, -0.2) is 5.43 Å². The van der Waals surface area contributed by atoms with Gasteiger partial charge < -0.3 is 18.9 Å². The van der Waals surface area contributed by atoms with Crippen LogP contribution in [0.1, 0.15) is 16.7 Å². The van der Waals surface area contributed by atoms with Crippen LogP contribution in [0.4, 0.5) is 0 Å². The van der Waals surface area contributed by atoms with E-state index >= 15 is 0 Å². The molecule has 0 saturated carbocycles. The fourth-order valence-corrected chi connectivity index (χ4v) is 2.39. The number of hydrogen-bond acceptors (Lipinski definition) is 6. The largest absolute Gasteiger partial charge is 0.493 e. The maximum Gasteiger partial charge on any atom is 0.277 e. The summed E-state index contributed by atoms with van der Waals surface area (Å²) >= 11 is 0. The van der Waals surface area contributed by atoms with Gasteiger partial charge in [0.15, 0.2) is 18.1 Å². The molecule has 0 aliphatic heterocycles. The first kappa shape index (κ1) is 20.1. The first-order valence-corrected chi connectivity index (χ1v) is 8.30. The summed E-state index contributed by atoms with van der Waals surface area (Å²) in [5, 5.41) is 3.94. The lowest BCUT2D eigenvalue weighted by Gasteiger charge is -2.12. The van der Waals surface area contributed by atoms with Crippen LogP contribution in [0.2, 0.25) is 0 Å². The van der Waals surface area contributed by atoms with Crippen LogP contribution in [0, 0.1) is 13.8 Å². The molecule has 0 bridgehead atoms. The van der Waals surface area contributed by atoms with Gasteiger partial charge >= 0.3 is 0 Å². The fraction of sp³-hybridized carbons (Fsp3) is 0.300. The second-order valence-electron chi connectivity index (χ2n) is 5.81. The number of aryl methyl sites for hydroxylation is 2. The quantitative estimate of drug-likeness (QED) is 0.569. The predicted octanol–water partition coefficient (Wildman–Crippen LogP) is 2.86. The van der Waals surface area contributed by atoms with Crippen molar-refractivity contribution in [2.24, 2.45) is 5.10 Å². The van der Waals surface area contributed by atoms with E-state index in [0.717, 1.165) is 11.1 Å². The Kier molecular flexibility index (Phi) is 7.05. The zero-order chi connectivity index (χ0) is 19.8. The Morgan fingerprint density at radius 2 is 1.67 bits per heavy atom. The van der Waals surface area contributed by atoms with Gasteiger partial charge in [-0.05, 0) is 43.2 Å². The number of methoxy groups -OCH3 is 3. The fourth-order valence-electron chi connectivity index (χ4n) is 2.39. The molecule has 0 aliphatic rings. The monoisotopic (exact) mass is 372 g/mol. The van der Waals surface area contributed by atoms with Gasteiger partial charge in [-0.2, -0.15) is 5.10 Å². The van der Waals surface area contributed by atoms with Crippen molar-refractivity contribution in [3.63, 3.8) is 0 Å². The van der Waals surface area contributed by atoms with E-state index in [2.05, 4.69) is 10.5 Å². The molecule has 0 heterocycles. The molecule has 7 heteroatoms. The van der Waals surface area contributed by atoms with Gasteiger partial charge in [0, 0.05) is 5.56 Å². The second kappa shape index (κ2) is 9.47. The Morgan fingerprint density at radius 1 is 1.00 bits per heavy atom. The third kappa shape index (κ3) is 5.37. The van der Waals surface area contributed by atoms with E-state index in [0.29, 0.717) is 28.6 Å². The summed E-state index contributed by atoms with van der Waals surface area (Å²) in [5.41, 5.74) is 5.15. The Balaban J connectivity index is 1.98. The lowest BCUT2D eigenvalue weighted by atomic mass is 10.1. The van der Waals surface area contributed by atoms with E-state index in [1.54, 1.807) is 12.1 Å². The molecule has 7 nitrogen and oxygen atoms in total. The van der Waals surface area contributed by atoms with Gasteiger partial charge in [0.1, 0.15) is 5.75 Å². The highest BCUT2D eigenvalue weighted by atomic mass is 16.5. The molecule has 1 amide bonds. The molecule has 0 unspecified atom stereocenters. The zero-order valence-electron chi connectivity index (χ0n) is 16.2. The molecule has 0 atom stereocenters. The van der Waals surface area contributed by atoms with E-state index in [-0.39, 0.29) is 12.5 Å². The van der Waals surface area contributed by atoms with Crippen LogP contribution >= 0.6 is 0 Å². The molecule has 0 aromatic heterocycles. The molecular weight excluding hydrogens is 348 g/mol. The summed E-state index contributed by atoms with van der Waals surface area (Å²) in [6, 6.07) is 9.28. The smallest absolute Gasteiger partial charge is 0.277 e. The summed E-state index contributed by atoms with van der Waals surface area (Å²) < 4.78 is 21.4. The molecule has 2 aromatic rings. The first-order valence-electron chi connectivity index (χ1n) is 8.30. The maximum absolute atomic E-state index is 11.9. The van der Waals surface area contributed by atoms with E-state index in [4.69, 9.17) is 18.9 Å². The lowest BCUT2D eigenvalue weighted by Crippen LogP contribution is -2.24. The second-order valence-corrected chi connectivity index (χ2v) is 5.81. The van der Waals surface area contributed by atoms with Crippen LogP contribution in [0.5, 0.6) is 23.0 Å². The number of benzene rings is 2. The summed E-state index contributed by atoms with van der Waals surface area (Å²) in [7, 11) is 4.60. The molecule has 1 N–H and O–H groups in total. The minimum atomic E-state index is -0.361. The molecule has 0 spiro atoms. The maximum atomic E-state index is 11.9. The molecule has 0 aliphatic carbocycles. The predicted molar refractivity (Wildman–Crippen MR) is 103 cm³/mol. The number of carbonyl (C=O) groups is 1. The minimum absolute atomic E-state index is 0.128. The van der Waals surface area contributed by atoms with Crippen molar-refractivity contribution in [3.05, 3.63) is 47.0 Å². The van der Waals surface area contributed by atoms with Crippen LogP contribution in [0.15, 0.2) is 35.4 Å². The number of amides is 1. The van der Waals surface area contributed by atoms with Gasteiger partial charge in [-0.1, -0.05) is 12.1 Å². The van der Waals surface area contributed by atoms with Crippen molar-refractivity contribution in [3.8, 4) is 23.0 Å². The van der Waals surface area contributed by atoms with Gasteiger partial charge in [0.2, 0.25) is 5.75 Å². The van der Waals surface area contributed by atoms with Gasteiger partial charge in [-0.3, -0.25) is 4.79 Å². The van der Waals surface area contributed by atoms with Crippen molar-refractivity contribution in [1.82, 2.24) is 5.43 Å². The SMILES string of the molecule is COc1cc(/C=N\NC(=O)COc2cc(C)ccc2C)cc(OC)c1OC. The number of ether oxygens (including phenoxy) is 4. The molecule has 2 aromatic carbocycles. The molecule has 2 rings (SSSR count). The van der Waals surface area contributed by atoms with Crippen LogP contribution in [-0.2, 0) is 4.79 Å². The number of rotatable bonds is 8. The summed E-state index contributed by atoms with van der Waals surface area (Å²) in [6.45, 7) is 3.76. The summed E-state index contributed by atoms with van der Waals surface area (Å²) in [4.78, 5) is 11.9. The molecule has 0 radical (unpaired) electrons. The van der Waals surface area contributed by atoms with E-state index in [1.165, 1.54) is 27.5 Å². The van der Waals surface area contributed by atoms with Crippen LogP contribution < -0.4 is 24.4 Å². The number of carbonyl (C=O) groups excluding carboxylic acids is 1. The highest BCUT2D eigenvalue weighted by molar-refractivity contribution is 5.84. The highest BCUT2D eigenvalue weighted by Gasteiger charge is 2.12. The zero-order valence-corrected chi connectivity index (χ0v) is 16.2. The van der Waals surface area contributed by atoms with Crippen LogP contribution in [0.25, 0.3) is 0 Å². The van der Waals surface area contributed by atoms with Gasteiger partial charge in [0.05, 0.1) is 27.5 Å². The molecule has 144 valence electrons. The average Bonchev–Trinajstić information content (AvgIpc) is 2.67. The molecule has 0 saturated heterocycles. The van der Waals surface area contributed by atoms with Crippen LogP contribution in [-0.4, -0.2) is 40.1 Å².